The quantitative estimate of drug-likeness (QED) is 0.308. The van der Waals surface area contributed by atoms with Crippen LogP contribution in [0.4, 0.5) is 10.2 Å². The van der Waals surface area contributed by atoms with Crippen LogP contribution in [0.15, 0.2) is 78.9 Å². The average Bonchev–Trinajstić information content (AvgIpc) is 3.26. The van der Waals surface area contributed by atoms with E-state index >= 15 is 0 Å². The Kier molecular flexibility index (Phi) is 7.84. The lowest BCUT2D eigenvalue weighted by Crippen LogP contribution is -2.44. The molecule has 2 heterocycles. The number of hydrogen-bond donors (Lipinski definition) is 1. The smallest absolute Gasteiger partial charge is 0.240 e. The van der Waals surface area contributed by atoms with Crippen molar-refractivity contribution in [3.8, 4) is 16.9 Å². The van der Waals surface area contributed by atoms with Crippen molar-refractivity contribution in [1.29, 1.82) is 0 Å². The minimum atomic E-state index is -0.379. The Labute approximate surface area is 232 Å². The van der Waals surface area contributed by atoms with Gasteiger partial charge in [-0.2, -0.15) is 5.10 Å². The van der Waals surface area contributed by atoms with E-state index in [1.807, 2.05) is 81.4 Å². The molecule has 5 rings (SSSR count). The highest BCUT2D eigenvalue weighted by atomic mass is 32.2. The minimum Gasteiger partial charge on any atom is -0.352 e. The van der Waals surface area contributed by atoms with Crippen molar-refractivity contribution in [2.75, 3.05) is 17.2 Å². The minimum absolute atomic E-state index is 0.0185. The molecule has 8 heteroatoms. The van der Waals surface area contributed by atoms with Crippen LogP contribution in [0, 0.1) is 12.7 Å². The van der Waals surface area contributed by atoms with Gasteiger partial charge in [-0.1, -0.05) is 61.5 Å². The fourth-order valence-electron chi connectivity index (χ4n) is 4.77. The van der Waals surface area contributed by atoms with E-state index in [1.165, 1.54) is 23.9 Å². The summed E-state index contributed by atoms with van der Waals surface area (Å²) >= 11 is 1.42. The number of carbonyl (C=O) groups excluding carboxylic acids is 2. The number of anilines is 1. The molecule has 1 aromatic heterocycles. The van der Waals surface area contributed by atoms with Crippen LogP contribution in [-0.2, 0) is 9.59 Å². The molecule has 2 atom stereocenters. The summed E-state index contributed by atoms with van der Waals surface area (Å²) in [7, 11) is 0. The molecular weight excluding hydrogens is 511 g/mol. The summed E-state index contributed by atoms with van der Waals surface area (Å²) in [5.41, 5.74) is 4.89. The predicted octanol–water partition coefficient (Wildman–Crippen LogP) is 6.07. The first kappa shape index (κ1) is 26.7. The zero-order valence-corrected chi connectivity index (χ0v) is 23.0. The number of amides is 2. The lowest BCUT2D eigenvalue weighted by atomic mass is 9.99. The molecule has 0 radical (unpaired) electrons. The standard InChI is InChI=1S/C31H31FN4O2S/c1-4-21(3)33-26(37)18-35-27(38)19-39-30(23-13-9-14-24(32)17-23)28-29(22-11-6-5-7-12-22)34-36(31(28)35)25-15-8-10-20(2)16-25/h5-17,21,30H,4,18-19H2,1-3H3,(H,33,37)/t21-,30-/m1/s1. The molecule has 0 aliphatic carbocycles. The van der Waals surface area contributed by atoms with E-state index in [0.29, 0.717) is 11.5 Å². The van der Waals surface area contributed by atoms with Crippen molar-refractivity contribution in [3.63, 3.8) is 0 Å². The molecule has 2 amide bonds. The maximum absolute atomic E-state index is 14.5. The zero-order chi connectivity index (χ0) is 27.5. The predicted molar refractivity (Wildman–Crippen MR) is 155 cm³/mol. The van der Waals surface area contributed by atoms with E-state index in [9.17, 15) is 14.0 Å². The van der Waals surface area contributed by atoms with Crippen LogP contribution in [-0.4, -0.2) is 39.9 Å². The second-order valence-corrected chi connectivity index (χ2v) is 10.9. The number of thioether (sulfide) groups is 1. The molecular formula is C31H31FN4O2S. The maximum Gasteiger partial charge on any atom is 0.240 e. The molecule has 200 valence electrons. The van der Waals surface area contributed by atoms with Crippen LogP contribution in [0.2, 0.25) is 0 Å². The monoisotopic (exact) mass is 542 g/mol. The van der Waals surface area contributed by atoms with Crippen molar-refractivity contribution in [2.24, 2.45) is 0 Å². The largest absolute Gasteiger partial charge is 0.352 e. The van der Waals surface area contributed by atoms with Crippen LogP contribution in [0.25, 0.3) is 16.9 Å². The van der Waals surface area contributed by atoms with Gasteiger partial charge >= 0.3 is 0 Å². The number of fused-ring (bicyclic) bond motifs is 1. The van der Waals surface area contributed by atoms with Crippen molar-refractivity contribution in [3.05, 3.63) is 101 Å². The summed E-state index contributed by atoms with van der Waals surface area (Å²) in [5.74, 6) is -0.122. The number of rotatable bonds is 7. The van der Waals surface area contributed by atoms with E-state index in [4.69, 9.17) is 5.10 Å². The highest BCUT2D eigenvalue weighted by Crippen LogP contribution is 2.48. The Hall–Kier alpha value is -3.91. The van der Waals surface area contributed by atoms with Crippen LogP contribution in [0.3, 0.4) is 0 Å². The van der Waals surface area contributed by atoms with Gasteiger partial charge in [-0.15, -0.1) is 11.8 Å². The number of aromatic nitrogens is 2. The molecule has 1 N–H and O–H groups in total. The van der Waals surface area contributed by atoms with Crippen molar-refractivity contribution >= 4 is 29.4 Å². The molecule has 3 aromatic carbocycles. The van der Waals surface area contributed by atoms with Gasteiger partial charge in [0.15, 0.2) is 0 Å². The molecule has 1 aliphatic rings. The average molecular weight is 543 g/mol. The highest BCUT2D eigenvalue weighted by Gasteiger charge is 2.37. The Morgan fingerprint density at radius 3 is 2.59 bits per heavy atom. The SMILES string of the molecule is CC[C@@H](C)NC(=O)CN1C(=O)CS[C@H](c2cccc(F)c2)c2c(-c3ccccc3)nn(-c3cccc(C)c3)c21. The van der Waals surface area contributed by atoms with Gasteiger partial charge in [-0.05, 0) is 55.7 Å². The van der Waals surface area contributed by atoms with E-state index < -0.39 is 0 Å². The molecule has 4 aromatic rings. The molecule has 0 saturated heterocycles. The molecule has 0 spiro atoms. The van der Waals surface area contributed by atoms with Gasteiger partial charge in [0, 0.05) is 17.2 Å². The summed E-state index contributed by atoms with van der Waals surface area (Å²) in [6.07, 6.45) is 0.780. The number of aryl methyl sites for hydroxylation is 1. The van der Waals surface area contributed by atoms with E-state index in [0.717, 1.165) is 34.4 Å². The van der Waals surface area contributed by atoms with Crippen LogP contribution >= 0.6 is 11.8 Å². The van der Waals surface area contributed by atoms with Gasteiger partial charge in [0.2, 0.25) is 11.8 Å². The fraction of sp³-hybridized carbons (Fsp3) is 0.258. The van der Waals surface area contributed by atoms with Gasteiger partial charge in [0.25, 0.3) is 0 Å². The highest BCUT2D eigenvalue weighted by molar-refractivity contribution is 8.00. The molecule has 0 bridgehead atoms. The van der Waals surface area contributed by atoms with Gasteiger partial charge in [-0.25, -0.2) is 9.07 Å². The second kappa shape index (κ2) is 11.5. The molecule has 0 fully saturated rings. The number of carbonyl (C=O) groups is 2. The van der Waals surface area contributed by atoms with E-state index in [-0.39, 0.29) is 41.2 Å². The summed E-state index contributed by atoms with van der Waals surface area (Å²) in [6.45, 7) is 5.79. The van der Waals surface area contributed by atoms with Crippen molar-refractivity contribution in [1.82, 2.24) is 15.1 Å². The third-order valence-corrected chi connectivity index (χ3v) is 8.11. The van der Waals surface area contributed by atoms with Crippen molar-refractivity contribution < 1.29 is 14.0 Å². The molecule has 6 nitrogen and oxygen atoms in total. The van der Waals surface area contributed by atoms with Crippen LogP contribution < -0.4 is 10.2 Å². The molecule has 0 saturated carbocycles. The number of nitrogens with zero attached hydrogens (tertiary/aromatic N) is 3. The Morgan fingerprint density at radius 1 is 1.10 bits per heavy atom. The first-order valence-corrected chi connectivity index (χ1v) is 14.1. The van der Waals surface area contributed by atoms with Gasteiger partial charge < -0.3 is 5.32 Å². The van der Waals surface area contributed by atoms with Crippen LogP contribution in [0.1, 0.15) is 42.2 Å². The third-order valence-electron chi connectivity index (χ3n) is 6.86. The molecule has 0 unspecified atom stereocenters. The fourth-order valence-corrected chi connectivity index (χ4v) is 5.95. The third kappa shape index (κ3) is 5.61. The van der Waals surface area contributed by atoms with Gasteiger partial charge in [0.1, 0.15) is 18.2 Å². The lowest BCUT2D eigenvalue weighted by molar-refractivity contribution is -0.123. The van der Waals surface area contributed by atoms with E-state index in [2.05, 4.69) is 5.32 Å². The maximum atomic E-state index is 14.5. The summed E-state index contributed by atoms with van der Waals surface area (Å²) in [6, 6.07) is 24.1. The summed E-state index contributed by atoms with van der Waals surface area (Å²) in [4.78, 5) is 28.4. The van der Waals surface area contributed by atoms with Gasteiger partial charge in [-0.3, -0.25) is 14.5 Å². The molecule has 1 aliphatic heterocycles. The number of hydrogen-bond acceptors (Lipinski definition) is 4. The van der Waals surface area contributed by atoms with Crippen molar-refractivity contribution in [2.45, 2.75) is 38.5 Å². The van der Waals surface area contributed by atoms with Gasteiger partial charge in [0.05, 0.1) is 22.4 Å². The van der Waals surface area contributed by atoms with E-state index in [1.54, 1.807) is 15.6 Å². The Morgan fingerprint density at radius 2 is 1.87 bits per heavy atom. The number of halogens is 1. The summed E-state index contributed by atoms with van der Waals surface area (Å²) < 4.78 is 16.2. The topological polar surface area (TPSA) is 67.2 Å². The Balaban J connectivity index is 1.78. The lowest BCUT2D eigenvalue weighted by Gasteiger charge is -2.24. The zero-order valence-electron chi connectivity index (χ0n) is 22.2. The van der Waals surface area contributed by atoms with Crippen LogP contribution in [0.5, 0.6) is 0 Å². The first-order chi connectivity index (χ1) is 18.9. The number of benzene rings is 3. The first-order valence-electron chi connectivity index (χ1n) is 13.1. The second-order valence-electron chi connectivity index (χ2n) is 9.81. The molecule has 39 heavy (non-hydrogen) atoms. The Bertz CT molecular complexity index is 1500. The number of nitrogens with one attached hydrogen (secondary N) is 1. The normalized spacial score (nSPS) is 15.9. The summed E-state index contributed by atoms with van der Waals surface area (Å²) in [5, 5.41) is 7.67.